The fourth-order valence-corrected chi connectivity index (χ4v) is 3.22. The van der Waals surface area contributed by atoms with Gasteiger partial charge >= 0.3 is 6.01 Å². The van der Waals surface area contributed by atoms with Crippen molar-refractivity contribution in [3.63, 3.8) is 0 Å². The van der Waals surface area contributed by atoms with Crippen LogP contribution in [0.3, 0.4) is 0 Å². The minimum absolute atomic E-state index is 0.00506. The molecule has 0 atom stereocenters. The number of ether oxygens (including phenoxy) is 1. The molecule has 142 valence electrons. The highest BCUT2D eigenvalue weighted by molar-refractivity contribution is 6.30. The van der Waals surface area contributed by atoms with Crippen molar-refractivity contribution in [1.29, 1.82) is 0 Å². The van der Waals surface area contributed by atoms with Gasteiger partial charge in [-0.25, -0.2) is 9.97 Å². The third kappa shape index (κ3) is 5.37. The van der Waals surface area contributed by atoms with Crippen molar-refractivity contribution in [3.05, 3.63) is 57.4 Å². The predicted molar refractivity (Wildman–Crippen MR) is 98.7 cm³/mol. The molecule has 9 heteroatoms. The predicted octanol–water partition coefficient (Wildman–Crippen LogP) is 3.09. The van der Waals surface area contributed by atoms with Gasteiger partial charge < -0.3 is 10.1 Å². The van der Waals surface area contributed by atoms with Crippen molar-refractivity contribution in [2.24, 2.45) is 0 Å². The average molecular weight is 391 g/mol. The van der Waals surface area contributed by atoms with E-state index in [1.165, 1.54) is 18.5 Å². The molecule has 0 radical (unpaired) electrons. The zero-order valence-electron chi connectivity index (χ0n) is 14.5. The van der Waals surface area contributed by atoms with Gasteiger partial charge in [0.2, 0.25) is 5.91 Å². The number of nitrogens with zero attached hydrogens (tertiary/aromatic N) is 3. The fraction of sp³-hybridized carbons (Fsp3) is 0.389. The van der Waals surface area contributed by atoms with E-state index in [2.05, 4.69) is 15.3 Å². The standard InChI is InChI=1S/C18H19ClN4O4/c19-13-10-20-18(21-11-13)27-15-7-5-14(6-8-15)22-17(24)9-12-3-1-2-4-16(12)23(25)26/h1-4,10-11,14-15H,5-9H2,(H,22,24). The number of para-hydroxylation sites is 1. The van der Waals surface area contributed by atoms with Crippen molar-refractivity contribution in [1.82, 2.24) is 15.3 Å². The molecule has 0 spiro atoms. The molecule has 1 N–H and O–H groups in total. The second-order valence-electron chi connectivity index (χ2n) is 6.41. The second-order valence-corrected chi connectivity index (χ2v) is 6.84. The van der Waals surface area contributed by atoms with Crippen molar-refractivity contribution < 1.29 is 14.5 Å². The van der Waals surface area contributed by atoms with Gasteiger partial charge in [0.1, 0.15) is 6.10 Å². The lowest BCUT2D eigenvalue weighted by molar-refractivity contribution is -0.385. The molecule has 27 heavy (non-hydrogen) atoms. The maximum atomic E-state index is 12.3. The Bertz CT molecular complexity index is 807. The van der Waals surface area contributed by atoms with Crippen LogP contribution in [-0.2, 0) is 11.2 Å². The van der Waals surface area contributed by atoms with E-state index >= 15 is 0 Å². The summed E-state index contributed by atoms with van der Waals surface area (Å²) in [6.07, 6.45) is 6.02. The summed E-state index contributed by atoms with van der Waals surface area (Å²) in [5.41, 5.74) is 0.379. The molecule has 1 heterocycles. The van der Waals surface area contributed by atoms with Gasteiger partial charge in [-0.2, -0.15) is 0 Å². The number of benzene rings is 1. The van der Waals surface area contributed by atoms with Gasteiger partial charge in [0.15, 0.2) is 0 Å². The second kappa shape index (κ2) is 8.77. The summed E-state index contributed by atoms with van der Waals surface area (Å²) in [5.74, 6) is -0.213. The molecule has 3 rings (SSSR count). The van der Waals surface area contributed by atoms with Crippen LogP contribution in [0.1, 0.15) is 31.2 Å². The lowest BCUT2D eigenvalue weighted by Crippen LogP contribution is -2.40. The molecular weight excluding hydrogens is 372 g/mol. The van der Waals surface area contributed by atoms with Crippen LogP contribution in [0, 0.1) is 10.1 Å². The number of carbonyl (C=O) groups excluding carboxylic acids is 1. The number of hydrogen-bond donors (Lipinski definition) is 1. The van der Waals surface area contributed by atoms with Crippen LogP contribution in [0.2, 0.25) is 5.02 Å². The quantitative estimate of drug-likeness (QED) is 0.599. The summed E-state index contributed by atoms with van der Waals surface area (Å²) in [4.78, 5) is 30.9. The summed E-state index contributed by atoms with van der Waals surface area (Å²) in [5, 5.41) is 14.5. The SMILES string of the molecule is O=C(Cc1ccccc1[N+](=O)[O-])NC1CCC(Oc2ncc(Cl)cn2)CC1. The molecule has 1 aromatic carbocycles. The number of rotatable bonds is 6. The third-order valence-corrected chi connectivity index (χ3v) is 4.64. The molecule has 0 bridgehead atoms. The van der Waals surface area contributed by atoms with Crippen LogP contribution in [-0.4, -0.2) is 32.9 Å². The first-order valence-electron chi connectivity index (χ1n) is 8.67. The van der Waals surface area contributed by atoms with Gasteiger partial charge in [-0.3, -0.25) is 14.9 Å². The molecule has 0 unspecified atom stereocenters. The Hall–Kier alpha value is -2.74. The fourth-order valence-electron chi connectivity index (χ4n) is 3.13. The van der Waals surface area contributed by atoms with Gasteiger partial charge in [-0.05, 0) is 25.7 Å². The Kier molecular flexibility index (Phi) is 6.18. The summed E-state index contributed by atoms with van der Waals surface area (Å²) in [6, 6.07) is 6.62. The van der Waals surface area contributed by atoms with Crippen molar-refractivity contribution in [3.8, 4) is 6.01 Å². The Morgan fingerprint density at radius 2 is 1.89 bits per heavy atom. The lowest BCUT2D eigenvalue weighted by Gasteiger charge is -2.28. The van der Waals surface area contributed by atoms with E-state index in [1.54, 1.807) is 18.2 Å². The van der Waals surface area contributed by atoms with Crippen LogP contribution in [0.25, 0.3) is 0 Å². The summed E-state index contributed by atoms with van der Waals surface area (Å²) in [6.45, 7) is 0. The van der Waals surface area contributed by atoms with Crippen LogP contribution in [0.15, 0.2) is 36.7 Å². The largest absolute Gasteiger partial charge is 0.460 e. The van der Waals surface area contributed by atoms with E-state index in [0.29, 0.717) is 16.6 Å². The van der Waals surface area contributed by atoms with E-state index in [4.69, 9.17) is 16.3 Å². The number of carbonyl (C=O) groups is 1. The average Bonchev–Trinajstić information content (AvgIpc) is 2.65. The Balaban J connectivity index is 1.47. The maximum absolute atomic E-state index is 12.3. The first kappa shape index (κ1) is 19.0. The van der Waals surface area contributed by atoms with Crippen molar-refractivity contribution >= 4 is 23.2 Å². The van der Waals surface area contributed by atoms with Gasteiger partial charge in [0.25, 0.3) is 5.69 Å². The molecule has 1 aliphatic rings. The molecule has 1 aliphatic carbocycles. The molecule has 0 saturated heterocycles. The molecule has 1 fully saturated rings. The lowest BCUT2D eigenvalue weighted by atomic mass is 9.92. The summed E-state index contributed by atoms with van der Waals surface area (Å²) >= 11 is 5.75. The van der Waals surface area contributed by atoms with E-state index in [9.17, 15) is 14.9 Å². The molecule has 1 saturated carbocycles. The van der Waals surface area contributed by atoms with E-state index in [0.717, 1.165) is 25.7 Å². The minimum Gasteiger partial charge on any atom is -0.460 e. The van der Waals surface area contributed by atoms with E-state index < -0.39 is 4.92 Å². The molecule has 1 amide bonds. The molecular formula is C18H19ClN4O4. The monoisotopic (exact) mass is 390 g/mol. The van der Waals surface area contributed by atoms with Gasteiger partial charge in [0, 0.05) is 17.7 Å². The first-order valence-corrected chi connectivity index (χ1v) is 9.05. The van der Waals surface area contributed by atoms with Gasteiger partial charge in [-0.15, -0.1) is 0 Å². The van der Waals surface area contributed by atoms with Crippen molar-refractivity contribution in [2.45, 2.75) is 44.2 Å². The highest BCUT2D eigenvalue weighted by atomic mass is 35.5. The number of aromatic nitrogens is 2. The van der Waals surface area contributed by atoms with E-state index in [-0.39, 0.29) is 30.2 Å². The van der Waals surface area contributed by atoms with E-state index in [1.807, 2.05) is 0 Å². The highest BCUT2D eigenvalue weighted by Crippen LogP contribution is 2.23. The molecule has 2 aromatic rings. The normalized spacial score (nSPS) is 19.3. The Morgan fingerprint density at radius 1 is 1.22 bits per heavy atom. The minimum atomic E-state index is -0.468. The summed E-state index contributed by atoms with van der Waals surface area (Å²) < 4.78 is 5.73. The Labute approximate surface area is 161 Å². The highest BCUT2D eigenvalue weighted by Gasteiger charge is 2.25. The Morgan fingerprint density at radius 3 is 2.56 bits per heavy atom. The smallest absolute Gasteiger partial charge is 0.316 e. The number of nitrogens with one attached hydrogen (secondary N) is 1. The van der Waals surface area contributed by atoms with Crippen LogP contribution in [0.5, 0.6) is 6.01 Å². The van der Waals surface area contributed by atoms with Crippen LogP contribution < -0.4 is 10.1 Å². The summed E-state index contributed by atoms with van der Waals surface area (Å²) in [7, 11) is 0. The number of nitro benzene ring substituents is 1. The number of hydrogen-bond acceptors (Lipinski definition) is 6. The zero-order valence-corrected chi connectivity index (χ0v) is 15.3. The topological polar surface area (TPSA) is 107 Å². The number of halogens is 1. The first-order chi connectivity index (χ1) is 13.0. The van der Waals surface area contributed by atoms with Gasteiger partial charge in [-0.1, -0.05) is 29.8 Å². The van der Waals surface area contributed by atoms with Crippen LogP contribution in [0.4, 0.5) is 5.69 Å². The molecule has 0 aliphatic heterocycles. The molecule has 8 nitrogen and oxygen atoms in total. The van der Waals surface area contributed by atoms with Gasteiger partial charge in [0.05, 0.1) is 28.8 Å². The third-order valence-electron chi connectivity index (χ3n) is 4.45. The zero-order chi connectivity index (χ0) is 19.2. The number of amides is 1. The molecule has 1 aromatic heterocycles. The van der Waals surface area contributed by atoms with Crippen molar-refractivity contribution in [2.75, 3.05) is 0 Å². The maximum Gasteiger partial charge on any atom is 0.316 e. The van der Waals surface area contributed by atoms with Crippen LogP contribution >= 0.6 is 11.6 Å². The number of nitro groups is 1.